The lowest BCUT2D eigenvalue weighted by Crippen LogP contribution is -2.38. The van der Waals surface area contributed by atoms with Crippen molar-refractivity contribution in [1.29, 1.82) is 0 Å². The minimum absolute atomic E-state index is 0.231. The third-order valence-corrected chi connectivity index (χ3v) is 6.02. The molecule has 2 aromatic carbocycles. The van der Waals surface area contributed by atoms with Crippen LogP contribution in [0.3, 0.4) is 0 Å². The number of nitrogens with zero attached hydrogens (tertiary/aromatic N) is 2. The maximum atomic E-state index is 13.0. The van der Waals surface area contributed by atoms with Crippen molar-refractivity contribution < 1.29 is 12.8 Å². The van der Waals surface area contributed by atoms with Gasteiger partial charge in [-0.05, 0) is 42.7 Å². The molecule has 2 aromatic rings. The van der Waals surface area contributed by atoms with Crippen LogP contribution in [0.5, 0.6) is 0 Å². The Morgan fingerprint density at radius 2 is 1.75 bits per heavy atom. The van der Waals surface area contributed by atoms with Gasteiger partial charge in [-0.1, -0.05) is 30.3 Å². The van der Waals surface area contributed by atoms with E-state index >= 15 is 0 Å². The summed E-state index contributed by atoms with van der Waals surface area (Å²) in [4.78, 5) is 4.77. The van der Waals surface area contributed by atoms with Crippen molar-refractivity contribution in [3.05, 3.63) is 65.5 Å². The second kappa shape index (κ2) is 10.2. The number of sulfonamides is 1. The van der Waals surface area contributed by atoms with Gasteiger partial charge in [0.05, 0.1) is 11.4 Å². The molecular formula is C20H27FN4O2S. The van der Waals surface area contributed by atoms with Crippen LogP contribution in [0.4, 0.5) is 4.39 Å². The quantitative estimate of drug-likeness (QED) is 0.521. The molecule has 0 spiro atoms. The minimum atomic E-state index is -3.53. The Bertz CT molecular complexity index is 897. The molecule has 0 amide bonds. The lowest BCUT2D eigenvalue weighted by molar-refractivity contribution is 0.519. The van der Waals surface area contributed by atoms with E-state index in [2.05, 4.69) is 15.6 Å². The fourth-order valence-electron chi connectivity index (χ4n) is 2.57. The topological polar surface area (TPSA) is 73.8 Å². The van der Waals surface area contributed by atoms with Crippen LogP contribution in [0, 0.1) is 5.82 Å². The number of halogens is 1. The Morgan fingerprint density at radius 1 is 1.07 bits per heavy atom. The summed E-state index contributed by atoms with van der Waals surface area (Å²) in [6.45, 7) is 3.49. The van der Waals surface area contributed by atoms with E-state index in [1.165, 1.54) is 30.5 Å². The molecule has 6 nitrogen and oxygen atoms in total. The van der Waals surface area contributed by atoms with E-state index in [1.54, 1.807) is 36.4 Å². The lowest BCUT2D eigenvalue weighted by Gasteiger charge is -2.15. The molecule has 0 heterocycles. The Hall–Kier alpha value is -2.45. The van der Waals surface area contributed by atoms with Crippen LogP contribution >= 0.6 is 0 Å². The zero-order valence-corrected chi connectivity index (χ0v) is 17.3. The van der Waals surface area contributed by atoms with Gasteiger partial charge in [-0.25, -0.2) is 22.1 Å². The second-order valence-electron chi connectivity index (χ2n) is 6.39. The van der Waals surface area contributed by atoms with Crippen molar-refractivity contribution in [1.82, 2.24) is 14.9 Å². The van der Waals surface area contributed by atoms with Gasteiger partial charge in [-0.3, -0.25) is 0 Å². The first-order valence-electron chi connectivity index (χ1n) is 9.11. The van der Waals surface area contributed by atoms with Crippen molar-refractivity contribution in [3.63, 3.8) is 0 Å². The van der Waals surface area contributed by atoms with E-state index in [9.17, 15) is 12.8 Å². The van der Waals surface area contributed by atoms with E-state index in [0.717, 1.165) is 12.0 Å². The van der Waals surface area contributed by atoms with Gasteiger partial charge in [-0.15, -0.1) is 0 Å². The molecule has 0 radical (unpaired) electrons. The number of nitrogens with one attached hydrogen (secondary N) is 2. The van der Waals surface area contributed by atoms with Gasteiger partial charge in [0.15, 0.2) is 5.96 Å². The summed E-state index contributed by atoms with van der Waals surface area (Å²) < 4.78 is 39.2. The first-order chi connectivity index (χ1) is 13.3. The predicted octanol–water partition coefficient (Wildman–Crippen LogP) is 2.37. The second-order valence-corrected chi connectivity index (χ2v) is 8.51. The molecule has 0 saturated carbocycles. The van der Waals surface area contributed by atoms with E-state index in [4.69, 9.17) is 0 Å². The zero-order valence-electron chi connectivity index (χ0n) is 16.4. The first kappa shape index (κ1) is 21.8. The Labute approximate surface area is 166 Å². The molecule has 0 atom stereocenters. The molecular weight excluding hydrogens is 379 g/mol. The Balaban J connectivity index is 2.07. The number of hydrogen-bond acceptors (Lipinski definition) is 3. The van der Waals surface area contributed by atoms with Gasteiger partial charge in [0.25, 0.3) is 0 Å². The highest BCUT2D eigenvalue weighted by molar-refractivity contribution is 7.89. The van der Waals surface area contributed by atoms with E-state index in [1.807, 2.05) is 6.92 Å². The van der Waals surface area contributed by atoms with Crippen LogP contribution in [0.15, 0.2) is 58.4 Å². The van der Waals surface area contributed by atoms with Crippen LogP contribution in [-0.2, 0) is 23.0 Å². The maximum absolute atomic E-state index is 13.0. The summed E-state index contributed by atoms with van der Waals surface area (Å²) in [6.07, 6.45) is 0.719. The first-order valence-corrected chi connectivity index (χ1v) is 10.6. The van der Waals surface area contributed by atoms with Crippen molar-refractivity contribution in [3.8, 4) is 0 Å². The minimum Gasteiger partial charge on any atom is -0.357 e. The van der Waals surface area contributed by atoms with Crippen molar-refractivity contribution >= 4 is 16.0 Å². The fraction of sp³-hybridized carbons (Fsp3) is 0.350. The van der Waals surface area contributed by atoms with Gasteiger partial charge in [-0.2, -0.15) is 0 Å². The standard InChI is InChI=1S/C20H27FN4O2S/c1-4-22-20(23-14-13-16-9-11-18(21)12-10-16)24-15-17-7-5-6-8-19(17)28(26,27)25(2)3/h5-12H,4,13-15H2,1-3H3,(H2,22,23,24). The molecule has 8 heteroatoms. The van der Waals surface area contributed by atoms with Crippen LogP contribution < -0.4 is 10.6 Å². The smallest absolute Gasteiger partial charge is 0.242 e. The predicted molar refractivity (Wildman–Crippen MR) is 110 cm³/mol. The summed E-state index contributed by atoms with van der Waals surface area (Å²) in [6, 6.07) is 13.3. The molecule has 2 N–H and O–H groups in total. The Morgan fingerprint density at radius 3 is 2.39 bits per heavy atom. The number of guanidine groups is 1. The molecule has 0 unspecified atom stereocenters. The Kier molecular flexibility index (Phi) is 7.95. The largest absolute Gasteiger partial charge is 0.357 e. The summed E-state index contributed by atoms with van der Waals surface area (Å²) >= 11 is 0. The average molecular weight is 407 g/mol. The number of benzene rings is 2. The highest BCUT2D eigenvalue weighted by Gasteiger charge is 2.20. The van der Waals surface area contributed by atoms with Crippen LogP contribution in [0.25, 0.3) is 0 Å². The molecule has 28 heavy (non-hydrogen) atoms. The monoisotopic (exact) mass is 406 g/mol. The summed E-state index contributed by atoms with van der Waals surface area (Å²) in [5.41, 5.74) is 1.65. The van der Waals surface area contributed by atoms with Gasteiger partial charge in [0.1, 0.15) is 5.82 Å². The fourth-order valence-corrected chi connectivity index (χ4v) is 3.67. The van der Waals surface area contributed by atoms with E-state index < -0.39 is 10.0 Å². The lowest BCUT2D eigenvalue weighted by atomic mass is 10.1. The SMILES string of the molecule is CCNC(=NCc1ccccc1S(=O)(=O)N(C)C)NCCc1ccc(F)cc1. The highest BCUT2D eigenvalue weighted by Crippen LogP contribution is 2.19. The zero-order chi connectivity index (χ0) is 20.6. The maximum Gasteiger partial charge on any atom is 0.242 e. The molecule has 0 aromatic heterocycles. The molecule has 0 aliphatic heterocycles. The summed E-state index contributed by atoms with van der Waals surface area (Å²) in [5, 5.41) is 6.37. The molecule has 0 aliphatic carbocycles. The van der Waals surface area contributed by atoms with E-state index in [-0.39, 0.29) is 17.3 Å². The molecule has 0 bridgehead atoms. The third kappa shape index (κ3) is 6.03. The number of aliphatic imine (C=N–C) groups is 1. The third-order valence-electron chi connectivity index (χ3n) is 4.10. The molecule has 2 rings (SSSR count). The molecule has 0 aliphatic rings. The van der Waals surface area contributed by atoms with E-state index in [0.29, 0.717) is 24.6 Å². The molecule has 0 saturated heterocycles. The van der Waals surface area contributed by atoms with Crippen LogP contribution in [0.1, 0.15) is 18.1 Å². The van der Waals surface area contributed by atoms with Crippen LogP contribution in [-0.4, -0.2) is 45.9 Å². The van der Waals surface area contributed by atoms with Crippen molar-refractivity contribution in [2.75, 3.05) is 27.2 Å². The number of rotatable bonds is 8. The van der Waals surface area contributed by atoms with Crippen LogP contribution in [0.2, 0.25) is 0 Å². The molecule has 152 valence electrons. The average Bonchev–Trinajstić information content (AvgIpc) is 2.67. The summed E-state index contributed by atoms with van der Waals surface area (Å²) in [5.74, 6) is 0.347. The number of hydrogen-bond donors (Lipinski definition) is 2. The van der Waals surface area contributed by atoms with Gasteiger partial charge >= 0.3 is 0 Å². The van der Waals surface area contributed by atoms with Gasteiger partial charge < -0.3 is 10.6 Å². The van der Waals surface area contributed by atoms with Crippen molar-refractivity contribution in [2.45, 2.75) is 24.8 Å². The highest BCUT2D eigenvalue weighted by atomic mass is 32.2. The van der Waals surface area contributed by atoms with Gasteiger partial charge in [0.2, 0.25) is 10.0 Å². The normalized spacial score (nSPS) is 12.2. The van der Waals surface area contributed by atoms with Gasteiger partial charge in [0, 0.05) is 27.2 Å². The summed E-state index contributed by atoms with van der Waals surface area (Å²) in [7, 11) is -0.511. The van der Waals surface area contributed by atoms with Crippen molar-refractivity contribution in [2.24, 2.45) is 4.99 Å². The molecule has 0 fully saturated rings.